The summed E-state index contributed by atoms with van der Waals surface area (Å²) in [6.07, 6.45) is 0. The molecule has 0 spiro atoms. The van der Waals surface area contributed by atoms with Gasteiger partial charge in [-0.25, -0.2) is 27.0 Å². The Morgan fingerprint density at radius 3 is 2.33 bits per heavy atom. The molecule has 0 saturated heterocycles. The molecule has 152 valence electrons. The van der Waals surface area contributed by atoms with Crippen molar-refractivity contribution in [2.45, 2.75) is 4.90 Å². The second kappa shape index (κ2) is 7.64. The van der Waals surface area contributed by atoms with Gasteiger partial charge in [0.25, 0.3) is 0 Å². The molecule has 0 saturated carbocycles. The minimum atomic E-state index is -4.07. The quantitative estimate of drug-likeness (QED) is 0.490. The molecule has 0 atom stereocenters. The van der Waals surface area contributed by atoms with Gasteiger partial charge in [0.1, 0.15) is 16.5 Å². The number of nitrogens with two attached hydrogens (primary N) is 1. The van der Waals surface area contributed by atoms with Crippen LogP contribution in [0.15, 0.2) is 77.7 Å². The molecular weight excluding hydrogens is 432 g/mol. The summed E-state index contributed by atoms with van der Waals surface area (Å²) in [7, 11) is -4.07. The number of halogens is 3. The Balaban J connectivity index is 2.02. The van der Waals surface area contributed by atoms with Crippen LogP contribution in [0.3, 0.4) is 0 Å². The van der Waals surface area contributed by atoms with Crippen molar-refractivity contribution in [3.63, 3.8) is 0 Å². The predicted molar refractivity (Wildman–Crippen MR) is 111 cm³/mol. The van der Waals surface area contributed by atoms with Crippen LogP contribution in [0.5, 0.6) is 0 Å². The Morgan fingerprint density at radius 1 is 0.933 bits per heavy atom. The molecule has 0 radical (unpaired) electrons. The Morgan fingerprint density at radius 2 is 1.63 bits per heavy atom. The Bertz CT molecular complexity index is 1350. The first-order valence-electron chi connectivity index (χ1n) is 8.68. The van der Waals surface area contributed by atoms with E-state index in [1.807, 2.05) is 0 Å². The Kier molecular flexibility index (Phi) is 5.15. The van der Waals surface area contributed by atoms with Crippen molar-refractivity contribution >= 4 is 21.6 Å². The van der Waals surface area contributed by atoms with Crippen LogP contribution in [-0.2, 0) is 10.0 Å². The molecule has 9 heteroatoms. The molecule has 0 aliphatic heterocycles. The monoisotopic (exact) mass is 445 g/mol. The number of nitrogens with zero attached hydrogens (tertiary/aromatic N) is 2. The highest BCUT2D eigenvalue weighted by Gasteiger charge is 2.21. The molecule has 1 heterocycles. The summed E-state index contributed by atoms with van der Waals surface area (Å²) >= 11 is 5.97. The third kappa shape index (κ3) is 3.85. The van der Waals surface area contributed by atoms with Gasteiger partial charge in [0.2, 0.25) is 10.0 Å². The van der Waals surface area contributed by atoms with Crippen LogP contribution >= 0.6 is 11.6 Å². The van der Waals surface area contributed by atoms with E-state index in [0.29, 0.717) is 16.3 Å². The maximum atomic E-state index is 14.4. The van der Waals surface area contributed by atoms with Crippen LogP contribution in [0.25, 0.3) is 28.2 Å². The first kappa shape index (κ1) is 20.2. The summed E-state index contributed by atoms with van der Waals surface area (Å²) in [5, 5.41) is 10.3. The number of hydrogen-bond donors (Lipinski definition) is 1. The van der Waals surface area contributed by atoms with Crippen molar-refractivity contribution in [1.29, 1.82) is 0 Å². The summed E-state index contributed by atoms with van der Waals surface area (Å²) in [6, 6.07) is 17.3. The molecule has 0 amide bonds. The predicted octanol–water partition coefficient (Wildman–Crippen LogP) is 4.79. The van der Waals surface area contributed by atoms with Gasteiger partial charge in [-0.15, -0.1) is 0 Å². The largest absolute Gasteiger partial charge is 0.240 e. The summed E-state index contributed by atoms with van der Waals surface area (Å²) in [5.41, 5.74) is 1.33. The maximum Gasteiger partial charge on any atom is 0.240 e. The van der Waals surface area contributed by atoms with Gasteiger partial charge < -0.3 is 0 Å². The number of primary sulfonamides is 1. The van der Waals surface area contributed by atoms with Gasteiger partial charge in [-0.3, -0.25) is 0 Å². The average molecular weight is 446 g/mol. The van der Waals surface area contributed by atoms with Crippen molar-refractivity contribution in [3.8, 4) is 28.2 Å². The van der Waals surface area contributed by atoms with E-state index >= 15 is 0 Å². The lowest BCUT2D eigenvalue weighted by Crippen LogP contribution is -2.16. The number of benzene rings is 3. The van der Waals surface area contributed by atoms with Gasteiger partial charge in [0, 0.05) is 16.1 Å². The normalized spacial score (nSPS) is 11.6. The van der Waals surface area contributed by atoms with Gasteiger partial charge in [0.15, 0.2) is 0 Å². The smallest absolute Gasteiger partial charge is 0.231 e. The van der Waals surface area contributed by atoms with E-state index in [2.05, 4.69) is 5.10 Å². The molecule has 30 heavy (non-hydrogen) atoms. The number of aromatic nitrogens is 2. The lowest BCUT2D eigenvalue weighted by Gasteiger charge is -2.11. The van der Waals surface area contributed by atoms with E-state index in [0.717, 1.165) is 18.2 Å². The zero-order valence-electron chi connectivity index (χ0n) is 15.3. The minimum absolute atomic E-state index is 0.0583. The van der Waals surface area contributed by atoms with Gasteiger partial charge in [-0.1, -0.05) is 35.9 Å². The molecule has 5 nitrogen and oxygen atoms in total. The molecule has 2 N–H and O–H groups in total. The van der Waals surface area contributed by atoms with E-state index in [1.54, 1.807) is 36.4 Å². The van der Waals surface area contributed by atoms with Crippen LogP contribution in [0.2, 0.25) is 5.02 Å². The minimum Gasteiger partial charge on any atom is -0.231 e. The Labute approximate surface area is 176 Å². The highest BCUT2D eigenvalue weighted by atomic mass is 35.5. The lowest BCUT2D eigenvalue weighted by molar-refractivity contribution is 0.596. The first-order valence-corrected chi connectivity index (χ1v) is 10.6. The molecule has 3 aromatic carbocycles. The van der Waals surface area contributed by atoms with Crippen LogP contribution < -0.4 is 5.14 Å². The van der Waals surface area contributed by atoms with Crippen molar-refractivity contribution in [1.82, 2.24) is 9.78 Å². The summed E-state index contributed by atoms with van der Waals surface area (Å²) in [4.78, 5) is -0.158. The second-order valence-electron chi connectivity index (χ2n) is 6.47. The zero-order chi connectivity index (χ0) is 21.5. The fourth-order valence-corrected chi connectivity index (χ4v) is 3.93. The van der Waals surface area contributed by atoms with Crippen molar-refractivity contribution in [2.75, 3.05) is 0 Å². The number of para-hydroxylation sites is 1. The fraction of sp³-hybridized carbons (Fsp3) is 0. The maximum absolute atomic E-state index is 14.4. The van der Waals surface area contributed by atoms with Crippen LogP contribution in [0, 0.1) is 11.6 Å². The number of hydrogen-bond acceptors (Lipinski definition) is 3. The van der Waals surface area contributed by atoms with Crippen LogP contribution in [0.1, 0.15) is 0 Å². The highest BCUT2D eigenvalue weighted by molar-refractivity contribution is 7.89. The molecule has 0 aliphatic carbocycles. The molecule has 0 bridgehead atoms. The second-order valence-corrected chi connectivity index (χ2v) is 8.44. The fourth-order valence-electron chi connectivity index (χ4n) is 3.09. The highest BCUT2D eigenvalue weighted by Crippen LogP contribution is 2.32. The number of sulfonamides is 1. The molecule has 0 fully saturated rings. The van der Waals surface area contributed by atoms with E-state index in [9.17, 15) is 17.2 Å². The van der Waals surface area contributed by atoms with E-state index in [1.165, 1.54) is 22.9 Å². The lowest BCUT2D eigenvalue weighted by atomic mass is 10.1. The van der Waals surface area contributed by atoms with Crippen molar-refractivity contribution < 1.29 is 17.2 Å². The van der Waals surface area contributed by atoms with Gasteiger partial charge >= 0.3 is 0 Å². The number of rotatable bonds is 4. The van der Waals surface area contributed by atoms with Crippen LogP contribution in [-0.4, -0.2) is 18.2 Å². The van der Waals surface area contributed by atoms with Gasteiger partial charge in [0.05, 0.1) is 17.1 Å². The van der Waals surface area contributed by atoms with Crippen molar-refractivity contribution in [2.24, 2.45) is 5.14 Å². The molecule has 1 aromatic heterocycles. The third-order valence-electron chi connectivity index (χ3n) is 4.45. The zero-order valence-corrected chi connectivity index (χ0v) is 16.8. The first-order chi connectivity index (χ1) is 14.2. The van der Waals surface area contributed by atoms with Gasteiger partial charge in [-0.2, -0.15) is 5.10 Å². The van der Waals surface area contributed by atoms with Gasteiger partial charge in [-0.05, 0) is 48.5 Å². The van der Waals surface area contributed by atoms with Crippen molar-refractivity contribution in [3.05, 3.63) is 89.5 Å². The molecule has 0 aliphatic rings. The molecular formula is C21H14ClF2N3O2S. The molecule has 4 aromatic rings. The van der Waals surface area contributed by atoms with Crippen LogP contribution in [0.4, 0.5) is 8.78 Å². The average Bonchev–Trinajstić information content (AvgIpc) is 3.15. The topological polar surface area (TPSA) is 78.0 Å². The van der Waals surface area contributed by atoms with E-state index < -0.39 is 21.7 Å². The summed E-state index contributed by atoms with van der Waals surface area (Å²) < 4.78 is 53.7. The summed E-state index contributed by atoms with van der Waals surface area (Å²) in [6.45, 7) is 0. The molecule has 4 rings (SSSR count). The summed E-state index contributed by atoms with van der Waals surface area (Å²) in [5.74, 6) is -1.29. The SMILES string of the molecule is NS(=O)(=O)c1ccccc1-n1nc(-c2cc(F)ccc2F)cc1-c1ccc(Cl)cc1. The Hall–Kier alpha value is -3.07. The van der Waals surface area contributed by atoms with E-state index in [-0.39, 0.29) is 21.8 Å². The third-order valence-corrected chi connectivity index (χ3v) is 5.66. The molecule has 0 unspecified atom stereocenters. The van der Waals surface area contributed by atoms with E-state index in [4.69, 9.17) is 16.7 Å². The standard InChI is InChI=1S/C21H14ClF2N3O2S/c22-14-7-5-13(6-8-14)20-12-18(16-11-15(23)9-10-17(16)24)26-27(20)19-3-1-2-4-21(19)30(25,28)29/h1-12H,(H2,25,28,29).